The van der Waals surface area contributed by atoms with Crippen LogP contribution in [0.3, 0.4) is 0 Å². The molecule has 0 rings (SSSR count). The molecule has 4 radical (unpaired) electrons. The first kappa shape index (κ1) is 21.9. The van der Waals surface area contributed by atoms with Crippen LogP contribution in [0.25, 0.3) is 0 Å². The SMILES string of the molecule is [B]P(=O)(O)OC(=O)C(=O)OP([B])(=O)O.[H-].[H-].[Li+].[Li+]. The van der Waals surface area contributed by atoms with Crippen molar-refractivity contribution in [2.45, 2.75) is 0 Å². The summed E-state index contributed by atoms with van der Waals surface area (Å²) in [5.74, 6) is -4.00. The third-order valence-corrected chi connectivity index (χ3v) is 1.45. The van der Waals surface area contributed by atoms with Crippen LogP contribution in [-0.2, 0) is 27.8 Å². The molecule has 0 fully saturated rings. The van der Waals surface area contributed by atoms with E-state index < -0.39 is 26.9 Å². The van der Waals surface area contributed by atoms with Crippen molar-refractivity contribution in [3.05, 3.63) is 0 Å². The molecular weight excluding hydrogens is 249 g/mol. The molecule has 0 saturated heterocycles. The molecule has 2 atom stereocenters. The fourth-order valence-corrected chi connectivity index (χ4v) is 0.936. The smallest absolute Gasteiger partial charge is 1.00 e. The molecule has 2 N–H and O–H groups in total. The van der Waals surface area contributed by atoms with Gasteiger partial charge in [0, 0.05) is 0 Å². The van der Waals surface area contributed by atoms with Crippen molar-refractivity contribution in [3.8, 4) is 0 Å². The van der Waals surface area contributed by atoms with Gasteiger partial charge in [0.1, 0.15) is 0 Å². The van der Waals surface area contributed by atoms with E-state index in [1.165, 1.54) is 0 Å². The summed E-state index contributed by atoms with van der Waals surface area (Å²) in [4.78, 5) is 37.4. The minimum atomic E-state index is -4.70. The van der Waals surface area contributed by atoms with Crippen molar-refractivity contribution in [2.24, 2.45) is 0 Å². The minimum Gasteiger partial charge on any atom is -1.00 e. The Morgan fingerprint density at radius 1 is 0.938 bits per heavy atom. The molecule has 8 nitrogen and oxygen atoms in total. The molecule has 2 unspecified atom stereocenters. The van der Waals surface area contributed by atoms with Crippen molar-refractivity contribution in [1.82, 2.24) is 0 Å². The van der Waals surface area contributed by atoms with Crippen LogP contribution in [-0.4, -0.2) is 36.9 Å². The van der Waals surface area contributed by atoms with Crippen LogP contribution in [0, 0.1) is 0 Å². The van der Waals surface area contributed by atoms with Gasteiger partial charge in [0.05, 0.1) is 0 Å². The van der Waals surface area contributed by atoms with Crippen LogP contribution in [0.5, 0.6) is 0 Å². The summed E-state index contributed by atoms with van der Waals surface area (Å²) in [6.45, 7) is 0. The predicted octanol–water partition coefficient (Wildman–Crippen LogP) is -7.16. The van der Waals surface area contributed by atoms with Gasteiger partial charge in [-0.25, -0.2) is 9.59 Å². The largest absolute Gasteiger partial charge is 1.00 e. The zero-order chi connectivity index (χ0) is 11.6. The second-order valence-electron chi connectivity index (χ2n) is 1.89. The molecule has 0 heterocycles. The Hall–Kier alpha value is 0.645. The Bertz CT molecular complexity index is 321. The summed E-state index contributed by atoms with van der Waals surface area (Å²) in [6.07, 6.45) is 0. The van der Waals surface area contributed by atoms with E-state index in [9.17, 15) is 18.7 Å². The number of carbonyl (C=O) groups is 2. The quantitative estimate of drug-likeness (QED) is 0.282. The monoisotopic (exact) mass is 254 g/mol. The Labute approximate surface area is 120 Å². The molecule has 0 aliphatic rings. The van der Waals surface area contributed by atoms with Crippen LogP contribution in [0.4, 0.5) is 0 Å². The average molecular weight is 254 g/mol. The van der Waals surface area contributed by atoms with Crippen LogP contribution in [0.1, 0.15) is 2.85 Å². The topological polar surface area (TPSA) is 127 Å². The average Bonchev–Trinajstić information content (AvgIpc) is 1.78. The van der Waals surface area contributed by atoms with Crippen LogP contribution < -0.4 is 37.7 Å². The summed E-state index contributed by atoms with van der Waals surface area (Å²) in [5.41, 5.74) is 0. The van der Waals surface area contributed by atoms with Gasteiger partial charge in [-0.3, -0.25) is 9.13 Å². The third-order valence-electron chi connectivity index (χ3n) is 0.594. The van der Waals surface area contributed by atoms with Gasteiger partial charge in [-0.2, -0.15) is 0 Å². The molecule has 78 valence electrons. The van der Waals surface area contributed by atoms with Gasteiger partial charge >= 0.3 is 64.6 Å². The summed E-state index contributed by atoms with van der Waals surface area (Å²) in [6, 6.07) is 0. The van der Waals surface area contributed by atoms with Crippen LogP contribution in [0.2, 0.25) is 0 Å². The van der Waals surface area contributed by atoms with Gasteiger partial charge in [-0.15, -0.1) is 0 Å². The second kappa shape index (κ2) is 7.87. The number of carbonyl (C=O) groups excluding carboxylic acids is 2. The molecule has 0 saturated carbocycles. The van der Waals surface area contributed by atoms with E-state index in [-0.39, 0.29) is 40.6 Å². The van der Waals surface area contributed by atoms with Crippen molar-refractivity contribution in [3.63, 3.8) is 0 Å². The molecule has 0 amide bonds. The fourth-order valence-electron chi connectivity index (χ4n) is 0.312. The van der Waals surface area contributed by atoms with Crippen molar-refractivity contribution in [2.75, 3.05) is 0 Å². The normalized spacial score (nSPS) is 16.4. The second-order valence-corrected chi connectivity index (χ2v) is 4.51. The minimum absolute atomic E-state index is 0. The van der Waals surface area contributed by atoms with E-state index in [1.807, 2.05) is 0 Å². The molecule has 0 aliphatic carbocycles. The number of rotatable bonds is 2. The van der Waals surface area contributed by atoms with Crippen molar-refractivity contribution >= 4 is 42.0 Å². The number of hydrogen-bond acceptors (Lipinski definition) is 6. The first-order valence-corrected chi connectivity index (χ1v) is 6.01. The van der Waals surface area contributed by atoms with E-state index in [1.54, 1.807) is 0 Å². The Balaban J connectivity index is -0.000000141. The van der Waals surface area contributed by atoms with Gasteiger partial charge in [0.25, 0.3) is 15.1 Å². The Morgan fingerprint density at radius 2 is 1.12 bits per heavy atom. The van der Waals surface area contributed by atoms with Crippen LogP contribution >= 0.6 is 14.9 Å². The van der Waals surface area contributed by atoms with Gasteiger partial charge in [0.15, 0.2) is 0 Å². The summed E-state index contributed by atoms with van der Waals surface area (Å²) >= 11 is 0. The fraction of sp³-hybridized carbons (Fsp3) is 0. The van der Waals surface area contributed by atoms with Crippen LogP contribution in [0.15, 0.2) is 0 Å². The zero-order valence-electron chi connectivity index (χ0n) is 10.4. The maximum atomic E-state index is 10.4. The molecule has 0 aromatic rings. The number of hydrogen-bond donors (Lipinski definition) is 2. The molecule has 16 heavy (non-hydrogen) atoms. The predicted molar refractivity (Wildman–Crippen MR) is 45.6 cm³/mol. The van der Waals surface area contributed by atoms with Gasteiger partial charge < -0.3 is 21.7 Å². The third kappa shape index (κ3) is 12.7. The first-order chi connectivity index (χ1) is 6.01. The summed E-state index contributed by atoms with van der Waals surface area (Å²) in [7, 11) is -0.737. The van der Waals surface area contributed by atoms with Gasteiger partial charge in [-0.1, -0.05) is 0 Å². The molecular formula is C2H4B2Li2O8P2. The summed E-state index contributed by atoms with van der Waals surface area (Å²) in [5, 5.41) is 0. The van der Waals surface area contributed by atoms with E-state index in [2.05, 4.69) is 24.2 Å². The standard InChI is InChI=1S/C2H2B2O8P2.2Li.2H/c3-13(7,8)11-1(5)2(6)12-14(4,9)10;;;;/h(H,7,8)(H,9,10);;;;/q;2*+1;2*-1. The molecule has 14 heteroatoms. The van der Waals surface area contributed by atoms with E-state index in [0.29, 0.717) is 0 Å². The maximum Gasteiger partial charge on any atom is 1.00 e. The Kier molecular flexibility index (Phi) is 10.8. The molecule has 0 bridgehead atoms. The Morgan fingerprint density at radius 3 is 1.25 bits per heavy atom. The van der Waals surface area contributed by atoms with Gasteiger partial charge in [-0.05, 0) is 0 Å². The zero-order valence-corrected chi connectivity index (χ0v) is 10.2. The van der Waals surface area contributed by atoms with E-state index in [0.717, 1.165) is 0 Å². The molecule has 0 aromatic carbocycles. The van der Waals surface area contributed by atoms with E-state index >= 15 is 0 Å². The molecule has 0 aliphatic heterocycles. The van der Waals surface area contributed by atoms with Gasteiger partial charge in [0.2, 0.25) is 0 Å². The van der Waals surface area contributed by atoms with Crippen molar-refractivity contribution in [1.29, 1.82) is 0 Å². The maximum absolute atomic E-state index is 10.4. The molecule has 0 spiro atoms. The summed E-state index contributed by atoms with van der Waals surface area (Å²) < 4.78 is 27.3. The van der Waals surface area contributed by atoms with E-state index in [4.69, 9.17) is 9.79 Å². The van der Waals surface area contributed by atoms with Crippen molar-refractivity contribution < 1.29 is 78.1 Å². The molecule has 0 aromatic heterocycles. The first-order valence-electron chi connectivity index (χ1n) is 2.71.